The molecule has 0 aromatic rings. The summed E-state index contributed by atoms with van der Waals surface area (Å²) in [5, 5.41) is 0. The molecule has 0 unspecified atom stereocenters. The Morgan fingerprint density at radius 2 is 1.62 bits per heavy atom. The van der Waals surface area contributed by atoms with Gasteiger partial charge in [-0.15, -0.1) is 0 Å². The van der Waals surface area contributed by atoms with Crippen LogP contribution in [0.5, 0.6) is 0 Å². The Morgan fingerprint density at radius 3 is 1.85 bits per heavy atom. The van der Waals surface area contributed by atoms with E-state index in [9.17, 15) is 0 Å². The SMILES string of the molecule is C=COC=C.[CH]=CC1CCCCC1. The molecule has 1 heteroatoms. The number of hydrogen-bond acceptors (Lipinski definition) is 1. The molecular formula is C12H19O. The van der Waals surface area contributed by atoms with Gasteiger partial charge >= 0.3 is 0 Å². The highest BCUT2D eigenvalue weighted by Crippen LogP contribution is 2.23. The van der Waals surface area contributed by atoms with Gasteiger partial charge in [-0.1, -0.05) is 45.1 Å². The van der Waals surface area contributed by atoms with Gasteiger partial charge in [-0.05, 0) is 18.8 Å². The number of ether oxygens (including phenoxy) is 1. The van der Waals surface area contributed by atoms with Gasteiger partial charge < -0.3 is 4.74 Å². The Balaban J connectivity index is 0.000000252. The minimum Gasteiger partial charge on any atom is -0.474 e. The summed E-state index contributed by atoms with van der Waals surface area (Å²) >= 11 is 0. The minimum absolute atomic E-state index is 0.740. The van der Waals surface area contributed by atoms with Crippen molar-refractivity contribution in [1.29, 1.82) is 0 Å². The minimum atomic E-state index is 0.740. The van der Waals surface area contributed by atoms with Crippen LogP contribution in [0.15, 0.2) is 31.8 Å². The van der Waals surface area contributed by atoms with Crippen molar-refractivity contribution >= 4 is 0 Å². The first-order valence-corrected chi connectivity index (χ1v) is 4.77. The molecule has 0 spiro atoms. The molecular weight excluding hydrogens is 160 g/mol. The largest absolute Gasteiger partial charge is 0.474 e. The maximum Gasteiger partial charge on any atom is 0.0829 e. The van der Waals surface area contributed by atoms with Gasteiger partial charge in [0.05, 0.1) is 12.5 Å². The predicted molar refractivity (Wildman–Crippen MR) is 56.9 cm³/mol. The quantitative estimate of drug-likeness (QED) is 0.598. The zero-order valence-electron chi connectivity index (χ0n) is 8.24. The van der Waals surface area contributed by atoms with Crippen LogP contribution in [0, 0.1) is 12.5 Å². The van der Waals surface area contributed by atoms with Crippen molar-refractivity contribution < 1.29 is 4.74 Å². The highest BCUT2D eigenvalue weighted by Gasteiger charge is 2.07. The van der Waals surface area contributed by atoms with E-state index in [2.05, 4.69) is 17.9 Å². The van der Waals surface area contributed by atoms with Gasteiger partial charge in [0.25, 0.3) is 0 Å². The van der Waals surface area contributed by atoms with E-state index in [1.807, 2.05) is 6.08 Å². The lowest BCUT2D eigenvalue weighted by Crippen LogP contribution is -2.01. The fraction of sp³-hybridized carbons (Fsp3) is 0.500. The number of rotatable bonds is 3. The lowest BCUT2D eigenvalue weighted by Gasteiger charge is -2.16. The normalized spacial score (nSPS) is 16.3. The summed E-state index contributed by atoms with van der Waals surface area (Å²) in [5.74, 6) is 0.740. The van der Waals surface area contributed by atoms with Crippen LogP contribution in [-0.4, -0.2) is 0 Å². The van der Waals surface area contributed by atoms with Crippen LogP contribution in [0.1, 0.15) is 32.1 Å². The first kappa shape index (κ1) is 12.0. The van der Waals surface area contributed by atoms with Crippen molar-refractivity contribution in [1.82, 2.24) is 0 Å². The van der Waals surface area contributed by atoms with Crippen LogP contribution in [0.25, 0.3) is 0 Å². The zero-order chi connectivity index (χ0) is 9.94. The molecule has 1 aliphatic carbocycles. The van der Waals surface area contributed by atoms with Crippen molar-refractivity contribution in [2.45, 2.75) is 32.1 Å². The topological polar surface area (TPSA) is 9.23 Å². The first-order chi connectivity index (χ1) is 6.35. The summed E-state index contributed by atoms with van der Waals surface area (Å²) in [6.45, 7) is 11.9. The smallest absolute Gasteiger partial charge is 0.0829 e. The van der Waals surface area contributed by atoms with Crippen LogP contribution in [-0.2, 0) is 4.74 Å². The molecule has 1 aliphatic rings. The molecule has 0 aromatic carbocycles. The second-order valence-corrected chi connectivity index (χ2v) is 3.06. The Bertz CT molecular complexity index is 137. The molecule has 0 atom stereocenters. The molecule has 0 saturated heterocycles. The molecule has 1 rings (SSSR count). The standard InChI is InChI=1S/C8H13.C4H6O/c1-2-8-6-4-3-5-7-8;1-3-5-4-2/h1-2,8H,3-7H2;3-4H,1-2H2. The Kier molecular flexibility index (Phi) is 8.42. The maximum atomic E-state index is 5.38. The number of allylic oxidation sites excluding steroid dienone is 1. The van der Waals surface area contributed by atoms with Crippen LogP contribution < -0.4 is 0 Å². The third-order valence-electron chi connectivity index (χ3n) is 2.11. The zero-order valence-corrected chi connectivity index (χ0v) is 8.24. The van der Waals surface area contributed by atoms with Gasteiger partial charge in [-0.3, -0.25) is 0 Å². The van der Waals surface area contributed by atoms with Crippen molar-refractivity contribution in [3.8, 4) is 0 Å². The summed E-state index contributed by atoms with van der Waals surface area (Å²) in [6, 6.07) is 0. The molecule has 1 nitrogen and oxygen atoms in total. The van der Waals surface area contributed by atoms with Crippen molar-refractivity contribution in [3.63, 3.8) is 0 Å². The molecule has 0 heterocycles. The molecule has 13 heavy (non-hydrogen) atoms. The van der Waals surface area contributed by atoms with Gasteiger partial charge in [-0.2, -0.15) is 0 Å². The van der Waals surface area contributed by atoms with E-state index in [1.165, 1.54) is 44.6 Å². The van der Waals surface area contributed by atoms with Gasteiger partial charge in [0.2, 0.25) is 0 Å². The lowest BCUT2D eigenvalue weighted by molar-refractivity contribution is 0.406. The Morgan fingerprint density at radius 1 is 1.08 bits per heavy atom. The van der Waals surface area contributed by atoms with E-state index in [0.29, 0.717) is 0 Å². The van der Waals surface area contributed by atoms with Crippen molar-refractivity contribution in [2.75, 3.05) is 0 Å². The monoisotopic (exact) mass is 179 g/mol. The fourth-order valence-corrected chi connectivity index (χ4v) is 1.39. The average molecular weight is 179 g/mol. The number of hydrogen-bond donors (Lipinski definition) is 0. The van der Waals surface area contributed by atoms with Gasteiger partial charge in [0, 0.05) is 0 Å². The van der Waals surface area contributed by atoms with Crippen molar-refractivity contribution in [2.24, 2.45) is 5.92 Å². The van der Waals surface area contributed by atoms with Crippen LogP contribution in [0.4, 0.5) is 0 Å². The highest BCUT2D eigenvalue weighted by molar-refractivity contribution is 4.78. The second kappa shape index (κ2) is 9.11. The van der Waals surface area contributed by atoms with E-state index >= 15 is 0 Å². The van der Waals surface area contributed by atoms with Crippen LogP contribution in [0.3, 0.4) is 0 Å². The van der Waals surface area contributed by atoms with Gasteiger partial charge in [0.15, 0.2) is 0 Å². The van der Waals surface area contributed by atoms with E-state index in [4.69, 9.17) is 6.58 Å². The van der Waals surface area contributed by atoms with Gasteiger partial charge in [0.1, 0.15) is 0 Å². The molecule has 0 amide bonds. The molecule has 1 saturated carbocycles. The molecule has 1 radical (unpaired) electrons. The van der Waals surface area contributed by atoms with Crippen LogP contribution in [0.2, 0.25) is 0 Å². The summed E-state index contributed by atoms with van der Waals surface area (Å²) in [5.41, 5.74) is 0. The Hall–Kier alpha value is -0.980. The van der Waals surface area contributed by atoms with Crippen molar-refractivity contribution in [3.05, 3.63) is 38.3 Å². The summed E-state index contributed by atoms with van der Waals surface area (Å²) in [7, 11) is 0. The third-order valence-corrected chi connectivity index (χ3v) is 2.11. The predicted octanol–water partition coefficient (Wildman–Crippen LogP) is 3.85. The second-order valence-electron chi connectivity index (χ2n) is 3.06. The molecule has 0 aliphatic heterocycles. The van der Waals surface area contributed by atoms with E-state index in [-0.39, 0.29) is 0 Å². The summed E-state index contributed by atoms with van der Waals surface area (Å²) in [4.78, 5) is 0. The van der Waals surface area contributed by atoms with E-state index in [1.54, 1.807) is 0 Å². The third kappa shape index (κ3) is 7.38. The highest BCUT2D eigenvalue weighted by atomic mass is 16.5. The first-order valence-electron chi connectivity index (χ1n) is 4.77. The van der Waals surface area contributed by atoms with Crippen LogP contribution >= 0.6 is 0 Å². The average Bonchev–Trinajstić information content (AvgIpc) is 2.21. The summed E-state index contributed by atoms with van der Waals surface area (Å²) in [6.07, 6.45) is 11.3. The van der Waals surface area contributed by atoms with Gasteiger partial charge in [-0.25, -0.2) is 0 Å². The maximum absolute atomic E-state index is 5.38. The molecule has 0 N–H and O–H groups in total. The molecule has 1 fully saturated rings. The lowest BCUT2D eigenvalue weighted by atomic mass is 9.90. The fourth-order valence-electron chi connectivity index (χ4n) is 1.39. The van der Waals surface area contributed by atoms with E-state index in [0.717, 1.165) is 5.92 Å². The molecule has 73 valence electrons. The molecule has 0 bridgehead atoms. The van der Waals surface area contributed by atoms with E-state index < -0.39 is 0 Å². The summed E-state index contributed by atoms with van der Waals surface area (Å²) < 4.78 is 4.36. The molecule has 0 aromatic heterocycles. The Labute approximate surface area is 81.8 Å².